The van der Waals surface area contributed by atoms with Crippen molar-refractivity contribution in [2.24, 2.45) is 5.92 Å². The quantitative estimate of drug-likeness (QED) is 0.864. The smallest absolute Gasteiger partial charge is 0.224 e. The van der Waals surface area contributed by atoms with Gasteiger partial charge in [-0.25, -0.2) is 0 Å². The molecule has 104 valence electrons. The number of amides is 1. The van der Waals surface area contributed by atoms with E-state index in [9.17, 15) is 4.79 Å². The van der Waals surface area contributed by atoms with Crippen molar-refractivity contribution in [3.8, 4) is 0 Å². The summed E-state index contributed by atoms with van der Waals surface area (Å²) in [5, 5.41) is 7.07. The Balaban J connectivity index is 2.10. The molecule has 1 aromatic carbocycles. The van der Waals surface area contributed by atoms with Gasteiger partial charge in [0.05, 0.1) is 10.7 Å². The van der Waals surface area contributed by atoms with E-state index in [4.69, 9.17) is 11.6 Å². The van der Waals surface area contributed by atoms with E-state index in [0.29, 0.717) is 23.4 Å². The molecule has 2 N–H and O–H groups in total. The van der Waals surface area contributed by atoms with Crippen LogP contribution in [0, 0.1) is 5.92 Å². The van der Waals surface area contributed by atoms with Gasteiger partial charge in [0, 0.05) is 18.2 Å². The van der Waals surface area contributed by atoms with Crippen molar-refractivity contribution < 1.29 is 4.79 Å². The number of anilines is 2. The maximum absolute atomic E-state index is 11.4. The van der Waals surface area contributed by atoms with E-state index >= 15 is 0 Å². The number of benzene rings is 1. The van der Waals surface area contributed by atoms with Gasteiger partial charge < -0.3 is 10.6 Å². The van der Waals surface area contributed by atoms with E-state index in [1.807, 2.05) is 25.1 Å². The number of carbonyl (C=O) groups is 1. The Bertz CT molecular complexity index is 461. The van der Waals surface area contributed by atoms with Crippen LogP contribution in [-0.4, -0.2) is 11.9 Å². The fourth-order valence-corrected chi connectivity index (χ4v) is 2.69. The van der Waals surface area contributed by atoms with Crippen molar-refractivity contribution in [3.63, 3.8) is 0 Å². The van der Waals surface area contributed by atoms with E-state index in [-0.39, 0.29) is 5.91 Å². The van der Waals surface area contributed by atoms with Crippen LogP contribution in [0.1, 0.15) is 39.5 Å². The second-order valence-electron chi connectivity index (χ2n) is 5.26. The molecule has 0 aliphatic heterocycles. The SMILES string of the molecule is CCC(=O)Nc1ccc(Cl)c(NC2CCCC2C)c1. The predicted molar refractivity (Wildman–Crippen MR) is 80.8 cm³/mol. The third kappa shape index (κ3) is 3.63. The summed E-state index contributed by atoms with van der Waals surface area (Å²) in [6.45, 7) is 4.10. The summed E-state index contributed by atoms with van der Waals surface area (Å²) < 4.78 is 0. The molecular weight excluding hydrogens is 260 g/mol. The summed E-state index contributed by atoms with van der Waals surface area (Å²) in [5.41, 5.74) is 1.71. The molecule has 4 heteroatoms. The molecular formula is C15H21ClN2O. The van der Waals surface area contributed by atoms with Crippen molar-refractivity contribution in [1.82, 2.24) is 0 Å². The van der Waals surface area contributed by atoms with Crippen LogP contribution in [0.2, 0.25) is 5.02 Å². The first-order valence-electron chi connectivity index (χ1n) is 6.96. The largest absolute Gasteiger partial charge is 0.381 e. The van der Waals surface area contributed by atoms with Gasteiger partial charge in [-0.1, -0.05) is 31.9 Å². The van der Waals surface area contributed by atoms with E-state index < -0.39 is 0 Å². The van der Waals surface area contributed by atoms with Crippen molar-refractivity contribution in [1.29, 1.82) is 0 Å². The molecule has 3 nitrogen and oxygen atoms in total. The summed E-state index contributed by atoms with van der Waals surface area (Å²) in [4.78, 5) is 11.4. The Hall–Kier alpha value is -1.22. The van der Waals surface area contributed by atoms with Gasteiger partial charge >= 0.3 is 0 Å². The molecule has 1 saturated carbocycles. The first-order chi connectivity index (χ1) is 9.10. The van der Waals surface area contributed by atoms with Crippen LogP contribution in [0.3, 0.4) is 0 Å². The third-order valence-corrected chi connectivity index (χ3v) is 4.10. The molecule has 1 aliphatic carbocycles. The zero-order valence-electron chi connectivity index (χ0n) is 11.5. The lowest BCUT2D eigenvalue weighted by molar-refractivity contribution is -0.115. The van der Waals surface area contributed by atoms with Crippen molar-refractivity contribution >= 4 is 28.9 Å². The Morgan fingerprint density at radius 1 is 1.42 bits per heavy atom. The zero-order valence-corrected chi connectivity index (χ0v) is 12.3. The first-order valence-corrected chi connectivity index (χ1v) is 7.34. The molecule has 1 fully saturated rings. The number of hydrogen-bond acceptors (Lipinski definition) is 2. The highest BCUT2D eigenvalue weighted by Crippen LogP contribution is 2.32. The standard InChI is InChI=1S/C15H21ClN2O/c1-3-15(19)17-11-7-8-12(16)14(9-11)18-13-6-4-5-10(13)2/h7-10,13,18H,3-6H2,1-2H3,(H,17,19). The Morgan fingerprint density at radius 2 is 2.21 bits per heavy atom. The van der Waals surface area contributed by atoms with Crippen LogP contribution in [0.4, 0.5) is 11.4 Å². The molecule has 2 rings (SSSR count). The van der Waals surface area contributed by atoms with Crippen LogP contribution < -0.4 is 10.6 Å². The Morgan fingerprint density at radius 3 is 2.84 bits per heavy atom. The van der Waals surface area contributed by atoms with Gasteiger partial charge in [0.25, 0.3) is 0 Å². The van der Waals surface area contributed by atoms with Crippen LogP contribution in [-0.2, 0) is 4.79 Å². The summed E-state index contributed by atoms with van der Waals surface area (Å²) >= 11 is 6.22. The average Bonchev–Trinajstić information content (AvgIpc) is 2.79. The second-order valence-corrected chi connectivity index (χ2v) is 5.66. The fourth-order valence-electron chi connectivity index (χ4n) is 2.52. The number of rotatable bonds is 4. The normalized spacial score (nSPS) is 22.3. The number of carbonyl (C=O) groups excluding carboxylic acids is 1. The molecule has 0 saturated heterocycles. The van der Waals surface area contributed by atoms with Gasteiger partial charge in [-0.3, -0.25) is 4.79 Å². The van der Waals surface area contributed by atoms with Crippen molar-refractivity contribution in [3.05, 3.63) is 23.2 Å². The lowest BCUT2D eigenvalue weighted by Gasteiger charge is -2.20. The summed E-state index contributed by atoms with van der Waals surface area (Å²) in [6.07, 6.45) is 4.19. The fraction of sp³-hybridized carbons (Fsp3) is 0.533. The first kappa shape index (κ1) is 14.2. The van der Waals surface area contributed by atoms with Gasteiger partial charge in [-0.15, -0.1) is 0 Å². The number of halogens is 1. The molecule has 2 atom stereocenters. The summed E-state index contributed by atoms with van der Waals surface area (Å²) in [7, 11) is 0. The van der Waals surface area contributed by atoms with E-state index in [1.54, 1.807) is 0 Å². The molecule has 1 aromatic rings. The second kappa shape index (κ2) is 6.29. The molecule has 2 unspecified atom stereocenters. The van der Waals surface area contributed by atoms with Crippen LogP contribution in [0.5, 0.6) is 0 Å². The van der Waals surface area contributed by atoms with E-state index in [2.05, 4.69) is 17.6 Å². The molecule has 1 amide bonds. The van der Waals surface area contributed by atoms with Gasteiger partial charge in [0.1, 0.15) is 0 Å². The lowest BCUT2D eigenvalue weighted by atomic mass is 10.1. The highest BCUT2D eigenvalue weighted by molar-refractivity contribution is 6.33. The van der Waals surface area contributed by atoms with E-state index in [1.165, 1.54) is 19.3 Å². The van der Waals surface area contributed by atoms with Gasteiger partial charge in [0.2, 0.25) is 5.91 Å². The molecule has 1 aliphatic rings. The van der Waals surface area contributed by atoms with Crippen molar-refractivity contribution in [2.45, 2.75) is 45.6 Å². The number of nitrogens with one attached hydrogen (secondary N) is 2. The molecule has 0 radical (unpaired) electrons. The number of hydrogen-bond donors (Lipinski definition) is 2. The Kier molecular flexibility index (Phi) is 4.70. The molecule has 0 spiro atoms. The van der Waals surface area contributed by atoms with Gasteiger partial charge in [-0.2, -0.15) is 0 Å². The minimum atomic E-state index is 0.0162. The molecule has 0 aromatic heterocycles. The van der Waals surface area contributed by atoms with Crippen molar-refractivity contribution in [2.75, 3.05) is 10.6 Å². The third-order valence-electron chi connectivity index (χ3n) is 3.77. The molecule has 0 heterocycles. The maximum Gasteiger partial charge on any atom is 0.224 e. The van der Waals surface area contributed by atoms with Crippen LogP contribution in [0.25, 0.3) is 0 Å². The molecule has 0 bridgehead atoms. The van der Waals surface area contributed by atoms with Crippen LogP contribution >= 0.6 is 11.6 Å². The van der Waals surface area contributed by atoms with Gasteiger partial charge in [-0.05, 0) is 37.0 Å². The average molecular weight is 281 g/mol. The lowest BCUT2D eigenvalue weighted by Crippen LogP contribution is -2.22. The van der Waals surface area contributed by atoms with Gasteiger partial charge in [0.15, 0.2) is 0 Å². The zero-order chi connectivity index (χ0) is 13.8. The highest BCUT2D eigenvalue weighted by Gasteiger charge is 2.23. The summed E-state index contributed by atoms with van der Waals surface area (Å²) in [6, 6.07) is 6.06. The highest BCUT2D eigenvalue weighted by atomic mass is 35.5. The Labute approximate surface area is 119 Å². The molecule has 19 heavy (non-hydrogen) atoms. The topological polar surface area (TPSA) is 41.1 Å². The van der Waals surface area contributed by atoms with E-state index in [0.717, 1.165) is 11.4 Å². The summed E-state index contributed by atoms with van der Waals surface area (Å²) in [5.74, 6) is 0.687. The minimum Gasteiger partial charge on any atom is -0.381 e. The minimum absolute atomic E-state index is 0.0162. The predicted octanol–water partition coefficient (Wildman–Crippen LogP) is 4.29. The monoisotopic (exact) mass is 280 g/mol. The maximum atomic E-state index is 11.4. The van der Waals surface area contributed by atoms with Crippen LogP contribution in [0.15, 0.2) is 18.2 Å².